The van der Waals surface area contributed by atoms with Crippen molar-refractivity contribution in [3.63, 3.8) is 0 Å². The molecule has 5 aromatic rings. The SMILES string of the molecule is O=C(OC[C@H]1O[C@@H](n2ccc3c(-c4nccs4)ccnc32)C[C@@H]1OC(=O)c1ccccc1)c1ccccc1. The molecule has 0 amide bonds. The summed E-state index contributed by atoms with van der Waals surface area (Å²) in [5, 5.41) is 3.79. The number of fused-ring (bicyclic) bond motifs is 1. The molecule has 0 bridgehead atoms. The Bertz CT molecular complexity index is 1550. The second kappa shape index (κ2) is 10.6. The second-order valence-corrected chi connectivity index (χ2v) is 9.69. The first kappa shape index (κ1) is 24.0. The molecule has 0 N–H and O–H groups in total. The molecule has 1 saturated heterocycles. The highest BCUT2D eigenvalue weighted by Gasteiger charge is 2.40. The number of hydrogen-bond donors (Lipinski definition) is 0. The molecule has 3 aromatic heterocycles. The third-order valence-corrected chi connectivity index (χ3v) is 7.23. The number of hydrogen-bond acceptors (Lipinski definition) is 8. The highest BCUT2D eigenvalue weighted by atomic mass is 32.1. The molecule has 9 heteroatoms. The van der Waals surface area contributed by atoms with Crippen LogP contribution in [-0.4, -0.2) is 45.3 Å². The van der Waals surface area contributed by atoms with Crippen molar-refractivity contribution in [2.45, 2.75) is 24.9 Å². The van der Waals surface area contributed by atoms with Crippen LogP contribution in [0.15, 0.2) is 96.8 Å². The van der Waals surface area contributed by atoms with Crippen LogP contribution in [0.2, 0.25) is 0 Å². The zero-order valence-electron chi connectivity index (χ0n) is 20.2. The number of rotatable bonds is 7. The molecule has 1 fully saturated rings. The summed E-state index contributed by atoms with van der Waals surface area (Å²) in [6.07, 6.45) is 4.05. The van der Waals surface area contributed by atoms with E-state index in [2.05, 4.69) is 9.97 Å². The van der Waals surface area contributed by atoms with Crippen molar-refractivity contribution < 1.29 is 23.8 Å². The third kappa shape index (κ3) is 4.81. The lowest BCUT2D eigenvalue weighted by Gasteiger charge is -2.19. The zero-order valence-corrected chi connectivity index (χ0v) is 21.0. The lowest BCUT2D eigenvalue weighted by molar-refractivity contribution is -0.0562. The Hall–Kier alpha value is -4.34. The van der Waals surface area contributed by atoms with Gasteiger partial charge >= 0.3 is 11.9 Å². The molecule has 0 saturated carbocycles. The molecular weight excluding hydrogens is 502 g/mol. The summed E-state index contributed by atoms with van der Waals surface area (Å²) in [7, 11) is 0. The van der Waals surface area contributed by atoms with Crippen molar-refractivity contribution in [2.75, 3.05) is 6.61 Å². The van der Waals surface area contributed by atoms with Crippen molar-refractivity contribution in [2.24, 2.45) is 0 Å². The van der Waals surface area contributed by atoms with Gasteiger partial charge in [-0.25, -0.2) is 19.6 Å². The van der Waals surface area contributed by atoms with Crippen molar-refractivity contribution in [1.29, 1.82) is 0 Å². The van der Waals surface area contributed by atoms with Crippen LogP contribution < -0.4 is 0 Å². The lowest BCUT2D eigenvalue weighted by Crippen LogP contribution is -2.32. The maximum absolute atomic E-state index is 12.9. The number of nitrogens with zero attached hydrogens (tertiary/aromatic N) is 3. The van der Waals surface area contributed by atoms with E-state index in [9.17, 15) is 9.59 Å². The number of pyridine rings is 1. The quantitative estimate of drug-likeness (QED) is 0.258. The predicted molar refractivity (Wildman–Crippen MR) is 142 cm³/mol. The summed E-state index contributed by atoms with van der Waals surface area (Å²) < 4.78 is 19.7. The van der Waals surface area contributed by atoms with Gasteiger partial charge in [0.2, 0.25) is 0 Å². The van der Waals surface area contributed by atoms with E-state index in [1.807, 2.05) is 40.4 Å². The van der Waals surface area contributed by atoms with Gasteiger partial charge in [0.25, 0.3) is 0 Å². The number of thiazole rings is 1. The molecule has 0 aliphatic carbocycles. The van der Waals surface area contributed by atoms with Gasteiger partial charge in [0.05, 0.1) is 11.1 Å². The van der Waals surface area contributed by atoms with E-state index >= 15 is 0 Å². The average Bonchev–Trinajstić information content (AvgIpc) is 3.73. The Labute approximate surface area is 222 Å². The van der Waals surface area contributed by atoms with Crippen LogP contribution in [0.4, 0.5) is 0 Å². The molecular formula is C29H23N3O5S. The maximum Gasteiger partial charge on any atom is 0.338 e. The van der Waals surface area contributed by atoms with Gasteiger partial charge in [0, 0.05) is 41.3 Å². The highest BCUT2D eigenvalue weighted by Crippen LogP contribution is 2.36. The Morgan fingerprint density at radius 1 is 0.921 bits per heavy atom. The first-order chi connectivity index (χ1) is 18.7. The fourth-order valence-electron chi connectivity index (χ4n) is 4.57. The van der Waals surface area contributed by atoms with Gasteiger partial charge in [-0.1, -0.05) is 36.4 Å². The van der Waals surface area contributed by atoms with Crippen LogP contribution >= 0.6 is 11.3 Å². The van der Waals surface area contributed by atoms with Crippen LogP contribution in [0.25, 0.3) is 21.6 Å². The Morgan fingerprint density at radius 3 is 2.37 bits per heavy atom. The maximum atomic E-state index is 12.9. The van der Waals surface area contributed by atoms with Gasteiger partial charge in [-0.05, 0) is 36.4 Å². The minimum Gasteiger partial charge on any atom is -0.459 e. The second-order valence-electron chi connectivity index (χ2n) is 8.80. The fourth-order valence-corrected chi connectivity index (χ4v) is 5.25. The molecule has 8 nitrogen and oxygen atoms in total. The summed E-state index contributed by atoms with van der Waals surface area (Å²) in [6.45, 7) is -0.0615. The zero-order chi connectivity index (χ0) is 25.9. The van der Waals surface area contributed by atoms with Crippen molar-refractivity contribution in [1.82, 2.24) is 14.5 Å². The minimum atomic E-state index is -0.653. The molecule has 3 atom stereocenters. The first-order valence-electron chi connectivity index (χ1n) is 12.2. The summed E-state index contributed by atoms with van der Waals surface area (Å²) in [6, 6.07) is 21.5. The van der Waals surface area contributed by atoms with Crippen molar-refractivity contribution in [3.05, 3.63) is 108 Å². The molecule has 0 spiro atoms. The van der Waals surface area contributed by atoms with E-state index in [4.69, 9.17) is 14.2 Å². The van der Waals surface area contributed by atoms with Gasteiger partial charge in [0.1, 0.15) is 35.7 Å². The predicted octanol–water partition coefficient (Wildman–Crippen LogP) is 5.53. The molecule has 4 heterocycles. The van der Waals surface area contributed by atoms with Crippen LogP contribution in [0, 0.1) is 0 Å². The summed E-state index contributed by atoms with van der Waals surface area (Å²) in [5.74, 6) is -0.923. The molecule has 190 valence electrons. The van der Waals surface area contributed by atoms with Crippen LogP contribution in [-0.2, 0) is 14.2 Å². The fraction of sp³-hybridized carbons (Fsp3) is 0.172. The van der Waals surface area contributed by atoms with Gasteiger partial charge in [0.15, 0.2) is 0 Å². The monoisotopic (exact) mass is 525 g/mol. The largest absolute Gasteiger partial charge is 0.459 e. The number of aromatic nitrogens is 3. The standard InChI is InChI=1S/C29H23N3O5S/c33-28(19-7-3-1-4-8-19)35-18-24-23(37-29(34)20-9-5-2-6-10-20)17-25(36-24)32-15-12-21-22(11-13-30-26(21)32)27-31-14-16-38-27/h1-16,23-25H,17-18H2/t23-,24+,25+/m0/s1. The number of carbonyl (C=O) groups is 2. The van der Waals surface area contributed by atoms with Crippen LogP contribution in [0.5, 0.6) is 0 Å². The molecule has 1 aliphatic heterocycles. The summed E-state index contributed by atoms with van der Waals surface area (Å²) >= 11 is 1.56. The normalized spacial score (nSPS) is 18.9. The van der Waals surface area contributed by atoms with Gasteiger partial charge in [-0.2, -0.15) is 0 Å². The smallest absolute Gasteiger partial charge is 0.338 e. The third-order valence-electron chi connectivity index (χ3n) is 6.43. The van der Waals surface area contributed by atoms with Gasteiger partial charge < -0.3 is 18.8 Å². The van der Waals surface area contributed by atoms with Crippen molar-refractivity contribution >= 4 is 34.3 Å². The lowest BCUT2D eigenvalue weighted by atomic mass is 10.1. The Balaban J connectivity index is 1.25. The van der Waals surface area contributed by atoms with Crippen molar-refractivity contribution in [3.8, 4) is 10.6 Å². The first-order valence-corrected chi connectivity index (χ1v) is 13.0. The average molecular weight is 526 g/mol. The summed E-state index contributed by atoms with van der Waals surface area (Å²) in [5.41, 5.74) is 2.60. The topological polar surface area (TPSA) is 92.5 Å². The van der Waals surface area contributed by atoms with Gasteiger partial charge in [-0.3, -0.25) is 0 Å². The van der Waals surface area contributed by atoms with Crippen LogP contribution in [0.1, 0.15) is 33.4 Å². The van der Waals surface area contributed by atoms with E-state index in [1.165, 1.54) is 0 Å². The number of esters is 2. The number of benzene rings is 2. The molecule has 1 aliphatic rings. The van der Waals surface area contributed by atoms with E-state index in [1.54, 1.807) is 72.3 Å². The van der Waals surface area contributed by atoms with E-state index in [-0.39, 0.29) is 6.61 Å². The molecule has 2 aromatic carbocycles. The highest BCUT2D eigenvalue weighted by molar-refractivity contribution is 7.13. The molecule has 0 unspecified atom stereocenters. The van der Waals surface area contributed by atoms with E-state index in [0.717, 1.165) is 21.6 Å². The number of ether oxygens (including phenoxy) is 3. The minimum absolute atomic E-state index is 0.0615. The van der Waals surface area contributed by atoms with Gasteiger partial charge in [-0.15, -0.1) is 11.3 Å². The van der Waals surface area contributed by atoms with Crippen LogP contribution in [0.3, 0.4) is 0 Å². The van der Waals surface area contributed by atoms with E-state index < -0.39 is 30.4 Å². The van der Waals surface area contributed by atoms with E-state index in [0.29, 0.717) is 17.5 Å². The number of carbonyl (C=O) groups excluding carboxylic acids is 2. The molecule has 0 radical (unpaired) electrons. The Kier molecular flexibility index (Phi) is 6.68. The molecule has 6 rings (SSSR count). The Morgan fingerprint density at radius 2 is 1.66 bits per heavy atom. The summed E-state index contributed by atoms with van der Waals surface area (Å²) in [4.78, 5) is 34.5. The molecule has 38 heavy (non-hydrogen) atoms.